The molecule has 2 aliphatic carbocycles. The average molecular weight is 317 g/mol. The predicted octanol–water partition coefficient (Wildman–Crippen LogP) is 1.84. The fourth-order valence-corrected chi connectivity index (χ4v) is 4.49. The number of carbonyl (C=O) groups is 2. The number of rotatable bonds is 4. The van der Waals surface area contributed by atoms with Crippen molar-refractivity contribution in [2.45, 2.75) is 18.9 Å². The Bertz CT molecular complexity index is 671. The van der Waals surface area contributed by atoms with Gasteiger partial charge in [0.1, 0.15) is 17.6 Å². The Hall–Kier alpha value is -2.24. The number of ether oxygens (including phenoxy) is 3. The number of carbonyl (C=O) groups excluding carboxylic acids is 2. The van der Waals surface area contributed by atoms with Crippen LogP contribution in [0.4, 0.5) is 5.69 Å². The topological polar surface area (TPSA) is 73.9 Å². The van der Waals surface area contributed by atoms with Crippen LogP contribution in [0.1, 0.15) is 12.8 Å². The highest BCUT2D eigenvalue weighted by Gasteiger charge is 2.63. The molecule has 1 amide bonds. The molecule has 2 saturated carbocycles. The maximum atomic E-state index is 12.8. The molecule has 3 fully saturated rings. The molecule has 1 N–H and O–H groups in total. The fourth-order valence-electron chi connectivity index (χ4n) is 4.49. The van der Waals surface area contributed by atoms with Crippen molar-refractivity contribution >= 4 is 17.6 Å². The summed E-state index contributed by atoms with van der Waals surface area (Å²) < 4.78 is 15.9. The summed E-state index contributed by atoms with van der Waals surface area (Å²) in [7, 11) is 3.12. The molecule has 6 heteroatoms. The number of benzene rings is 1. The molecule has 6 nitrogen and oxygen atoms in total. The summed E-state index contributed by atoms with van der Waals surface area (Å²) in [5, 5.41) is 2.91. The number of methoxy groups -OCH3 is 2. The maximum absolute atomic E-state index is 12.8. The molecular weight excluding hydrogens is 298 g/mol. The lowest BCUT2D eigenvalue weighted by Gasteiger charge is -2.24. The van der Waals surface area contributed by atoms with E-state index in [9.17, 15) is 9.59 Å². The van der Waals surface area contributed by atoms with Gasteiger partial charge in [0.05, 0.1) is 31.7 Å². The van der Waals surface area contributed by atoms with Crippen LogP contribution in [0.2, 0.25) is 0 Å². The first-order valence-corrected chi connectivity index (χ1v) is 7.85. The van der Waals surface area contributed by atoms with E-state index < -0.39 is 0 Å². The van der Waals surface area contributed by atoms with Crippen LogP contribution < -0.4 is 14.8 Å². The first kappa shape index (κ1) is 14.4. The van der Waals surface area contributed by atoms with Gasteiger partial charge in [0, 0.05) is 12.0 Å². The number of fused-ring (bicyclic) bond motifs is 1. The molecule has 1 aromatic carbocycles. The van der Waals surface area contributed by atoms with E-state index in [4.69, 9.17) is 14.2 Å². The minimum Gasteiger partial charge on any atom is -0.497 e. The zero-order valence-electron chi connectivity index (χ0n) is 13.1. The largest absolute Gasteiger partial charge is 0.497 e. The fraction of sp³-hybridized carbons (Fsp3) is 0.529. The lowest BCUT2D eigenvalue weighted by Crippen LogP contribution is -2.35. The van der Waals surface area contributed by atoms with Gasteiger partial charge in [-0.25, -0.2) is 0 Å². The number of amides is 1. The molecule has 23 heavy (non-hydrogen) atoms. The molecule has 0 radical (unpaired) electrons. The molecule has 2 bridgehead atoms. The van der Waals surface area contributed by atoms with E-state index in [1.165, 1.54) is 0 Å². The minimum atomic E-state index is -0.304. The second-order valence-corrected chi connectivity index (χ2v) is 6.48. The molecule has 5 atom stereocenters. The normalized spacial score (nSPS) is 33.5. The van der Waals surface area contributed by atoms with Crippen molar-refractivity contribution in [2.24, 2.45) is 23.7 Å². The van der Waals surface area contributed by atoms with Crippen LogP contribution in [0.25, 0.3) is 0 Å². The van der Waals surface area contributed by atoms with Gasteiger partial charge < -0.3 is 19.5 Å². The Labute approximate surface area is 134 Å². The Morgan fingerprint density at radius 2 is 2.09 bits per heavy atom. The molecule has 4 rings (SSSR count). The van der Waals surface area contributed by atoms with Crippen LogP contribution in [-0.2, 0) is 14.3 Å². The van der Waals surface area contributed by atoms with Gasteiger partial charge in [-0.2, -0.15) is 0 Å². The van der Waals surface area contributed by atoms with Crippen LogP contribution in [0.3, 0.4) is 0 Å². The highest BCUT2D eigenvalue weighted by molar-refractivity contribution is 5.98. The SMILES string of the molecule is COc1ccc(OC)c(NC(=O)[C@@H]2[C@@H]3C[C@@H]4[C@@H]2C(=O)O[C@@H]4C3)c1. The van der Waals surface area contributed by atoms with Gasteiger partial charge in [-0.15, -0.1) is 0 Å². The molecule has 122 valence electrons. The standard InChI is InChI=1S/C17H19NO5/c1-21-9-3-4-12(22-2)11(7-9)18-16(19)14-8-5-10-13(6-8)23-17(20)15(10)14/h3-4,7-8,10,13-15H,5-6H2,1-2H3,(H,18,19)/t8-,10+,13-,14-,15+/m1/s1. The van der Waals surface area contributed by atoms with Gasteiger partial charge in [0.2, 0.25) is 5.91 Å². The Kier molecular flexibility index (Phi) is 3.21. The second kappa shape index (κ2) is 5.15. The van der Waals surface area contributed by atoms with Crippen LogP contribution in [0, 0.1) is 23.7 Å². The van der Waals surface area contributed by atoms with E-state index in [-0.39, 0.29) is 41.7 Å². The Balaban J connectivity index is 1.58. The zero-order valence-corrected chi connectivity index (χ0v) is 13.1. The van der Waals surface area contributed by atoms with Crippen molar-refractivity contribution in [3.8, 4) is 11.5 Å². The summed E-state index contributed by atoms with van der Waals surface area (Å²) in [6.45, 7) is 0. The molecule has 0 unspecified atom stereocenters. The molecule has 1 aliphatic heterocycles. The Morgan fingerprint density at radius 3 is 2.83 bits per heavy atom. The molecule has 1 saturated heterocycles. The summed E-state index contributed by atoms with van der Waals surface area (Å²) in [4.78, 5) is 24.8. The summed E-state index contributed by atoms with van der Waals surface area (Å²) >= 11 is 0. The summed E-state index contributed by atoms with van der Waals surface area (Å²) in [5.74, 6) is 0.721. The highest BCUT2D eigenvalue weighted by Crippen LogP contribution is 2.57. The molecule has 0 spiro atoms. The van der Waals surface area contributed by atoms with Gasteiger partial charge in [-0.3, -0.25) is 9.59 Å². The van der Waals surface area contributed by atoms with Gasteiger partial charge in [-0.05, 0) is 30.9 Å². The summed E-state index contributed by atoms with van der Waals surface area (Å²) in [5.41, 5.74) is 0.558. The Morgan fingerprint density at radius 1 is 1.26 bits per heavy atom. The van der Waals surface area contributed by atoms with Gasteiger partial charge in [0.15, 0.2) is 0 Å². The van der Waals surface area contributed by atoms with Crippen LogP contribution in [0.15, 0.2) is 18.2 Å². The van der Waals surface area contributed by atoms with Gasteiger partial charge >= 0.3 is 5.97 Å². The third-order valence-corrected chi connectivity index (χ3v) is 5.45. The third kappa shape index (κ3) is 2.08. The lowest BCUT2D eigenvalue weighted by atomic mass is 9.79. The number of esters is 1. The predicted molar refractivity (Wildman–Crippen MR) is 81.2 cm³/mol. The lowest BCUT2D eigenvalue weighted by molar-refractivity contribution is -0.145. The van der Waals surface area contributed by atoms with E-state index in [2.05, 4.69) is 5.32 Å². The van der Waals surface area contributed by atoms with Crippen LogP contribution in [0.5, 0.6) is 11.5 Å². The molecule has 1 heterocycles. The van der Waals surface area contributed by atoms with Crippen molar-refractivity contribution in [1.82, 2.24) is 0 Å². The summed E-state index contributed by atoms with van der Waals surface area (Å²) in [6, 6.07) is 5.24. The van der Waals surface area contributed by atoms with Crippen molar-refractivity contribution in [2.75, 3.05) is 19.5 Å². The number of hydrogen-bond acceptors (Lipinski definition) is 5. The average Bonchev–Trinajstić information content (AvgIpc) is 3.16. The van der Waals surface area contributed by atoms with E-state index >= 15 is 0 Å². The monoisotopic (exact) mass is 317 g/mol. The van der Waals surface area contributed by atoms with Crippen LogP contribution in [-0.4, -0.2) is 32.2 Å². The summed E-state index contributed by atoms with van der Waals surface area (Å²) in [6.07, 6.45) is 1.75. The number of hydrogen-bond donors (Lipinski definition) is 1. The van der Waals surface area contributed by atoms with Crippen molar-refractivity contribution in [3.63, 3.8) is 0 Å². The quantitative estimate of drug-likeness (QED) is 0.858. The maximum Gasteiger partial charge on any atom is 0.310 e. The zero-order chi connectivity index (χ0) is 16.1. The van der Waals surface area contributed by atoms with Crippen molar-refractivity contribution in [3.05, 3.63) is 18.2 Å². The number of nitrogens with one attached hydrogen (secondary N) is 1. The first-order chi connectivity index (χ1) is 11.1. The van der Waals surface area contributed by atoms with E-state index in [0.29, 0.717) is 17.2 Å². The van der Waals surface area contributed by atoms with E-state index in [1.807, 2.05) is 0 Å². The molecule has 1 aromatic rings. The molecular formula is C17H19NO5. The number of anilines is 1. The van der Waals surface area contributed by atoms with Crippen molar-refractivity contribution in [1.29, 1.82) is 0 Å². The highest BCUT2D eigenvalue weighted by atomic mass is 16.6. The smallest absolute Gasteiger partial charge is 0.310 e. The third-order valence-electron chi connectivity index (χ3n) is 5.45. The first-order valence-electron chi connectivity index (χ1n) is 7.85. The second-order valence-electron chi connectivity index (χ2n) is 6.48. The molecule has 3 aliphatic rings. The van der Waals surface area contributed by atoms with E-state index in [0.717, 1.165) is 12.8 Å². The van der Waals surface area contributed by atoms with Gasteiger partial charge in [-0.1, -0.05) is 0 Å². The van der Waals surface area contributed by atoms with Crippen LogP contribution >= 0.6 is 0 Å². The minimum absolute atomic E-state index is 0.0351. The molecule has 0 aromatic heterocycles. The van der Waals surface area contributed by atoms with Crippen molar-refractivity contribution < 1.29 is 23.8 Å². The van der Waals surface area contributed by atoms with Gasteiger partial charge in [0.25, 0.3) is 0 Å². The van der Waals surface area contributed by atoms with E-state index in [1.54, 1.807) is 32.4 Å².